The first-order chi connectivity index (χ1) is 6.49. The first kappa shape index (κ1) is 13.4. The lowest BCUT2D eigenvalue weighted by Gasteiger charge is -2.19. The van der Waals surface area contributed by atoms with Crippen molar-refractivity contribution in [2.45, 2.75) is 46.6 Å². The molecule has 3 N–H and O–H groups in total. The molecule has 0 aromatic carbocycles. The summed E-state index contributed by atoms with van der Waals surface area (Å²) in [5, 5.41) is 3.00. The normalized spacial score (nSPS) is 15.3. The molecule has 0 aliphatic heterocycles. The van der Waals surface area contributed by atoms with E-state index in [1.165, 1.54) is 0 Å². The molecular formula is C11H24N2O. The summed E-state index contributed by atoms with van der Waals surface area (Å²) in [7, 11) is 0. The summed E-state index contributed by atoms with van der Waals surface area (Å²) < 4.78 is 0. The van der Waals surface area contributed by atoms with Crippen LogP contribution in [-0.4, -0.2) is 18.5 Å². The average molecular weight is 200 g/mol. The van der Waals surface area contributed by atoms with Crippen molar-refractivity contribution in [2.24, 2.45) is 17.6 Å². The van der Waals surface area contributed by atoms with Crippen molar-refractivity contribution < 1.29 is 4.79 Å². The molecular weight excluding hydrogens is 176 g/mol. The van der Waals surface area contributed by atoms with Crippen molar-refractivity contribution >= 4 is 5.91 Å². The van der Waals surface area contributed by atoms with Gasteiger partial charge >= 0.3 is 0 Å². The van der Waals surface area contributed by atoms with E-state index in [9.17, 15) is 4.79 Å². The summed E-state index contributed by atoms with van der Waals surface area (Å²) in [4.78, 5) is 11.6. The van der Waals surface area contributed by atoms with Gasteiger partial charge in [-0.3, -0.25) is 4.79 Å². The number of rotatable bonds is 6. The highest BCUT2D eigenvalue weighted by atomic mass is 16.1. The Labute approximate surface area is 87.4 Å². The fourth-order valence-electron chi connectivity index (χ4n) is 1.17. The van der Waals surface area contributed by atoms with Crippen LogP contribution >= 0.6 is 0 Å². The van der Waals surface area contributed by atoms with Gasteiger partial charge < -0.3 is 11.1 Å². The largest absolute Gasteiger partial charge is 0.353 e. The highest BCUT2D eigenvalue weighted by Gasteiger charge is 2.17. The molecule has 3 nitrogen and oxygen atoms in total. The second-order valence-electron chi connectivity index (χ2n) is 4.37. The number of carbonyl (C=O) groups is 1. The van der Waals surface area contributed by atoms with E-state index in [2.05, 4.69) is 19.2 Å². The summed E-state index contributed by atoms with van der Waals surface area (Å²) in [6.07, 6.45) is 1.94. The lowest BCUT2D eigenvalue weighted by molar-refractivity contribution is -0.126. The maximum absolute atomic E-state index is 11.6. The minimum Gasteiger partial charge on any atom is -0.353 e. The van der Waals surface area contributed by atoms with Gasteiger partial charge in [0.25, 0.3) is 0 Å². The van der Waals surface area contributed by atoms with Crippen LogP contribution in [0.4, 0.5) is 0 Å². The number of amides is 1. The summed E-state index contributed by atoms with van der Waals surface area (Å²) in [6, 6.07) is 0.243. The summed E-state index contributed by atoms with van der Waals surface area (Å²) in [6.45, 7) is 8.82. The zero-order valence-corrected chi connectivity index (χ0v) is 9.84. The Balaban J connectivity index is 3.81. The zero-order chi connectivity index (χ0) is 11.1. The SMILES string of the molecule is CC(CCCN)NC(=O)C(C)C(C)C. The van der Waals surface area contributed by atoms with Crippen LogP contribution in [0.1, 0.15) is 40.5 Å². The summed E-state index contributed by atoms with van der Waals surface area (Å²) in [5.41, 5.74) is 5.40. The van der Waals surface area contributed by atoms with Gasteiger partial charge in [0.1, 0.15) is 0 Å². The van der Waals surface area contributed by atoms with Crippen LogP contribution in [0.15, 0.2) is 0 Å². The number of nitrogens with one attached hydrogen (secondary N) is 1. The molecule has 0 rings (SSSR count). The fourth-order valence-corrected chi connectivity index (χ4v) is 1.17. The molecule has 0 saturated heterocycles. The van der Waals surface area contributed by atoms with Gasteiger partial charge in [-0.05, 0) is 32.2 Å². The minimum absolute atomic E-state index is 0.0929. The van der Waals surface area contributed by atoms with E-state index in [1.807, 2.05) is 13.8 Å². The Morgan fingerprint density at radius 2 is 1.86 bits per heavy atom. The Morgan fingerprint density at radius 3 is 2.29 bits per heavy atom. The van der Waals surface area contributed by atoms with E-state index >= 15 is 0 Å². The molecule has 0 radical (unpaired) electrons. The molecule has 3 heteroatoms. The van der Waals surface area contributed by atoms with Crippen molar-refractivity contribution in [1.29, 1.82) is 0 Å². The van der Waals surface area contributed by atoms with Crippen LogP contribution in [-0.2, 0) is 4.79 Å². The quantitative estimate of drug-likeness (QED) is 0.683. The molecule has 0 aliphatic rings. The predicted molar refractivity (Wildman–Crippen MR) is 59.9 cm³/mol. The van der Waals surface area contributed by atoms with Crippen LogP contribution in [0.3, 0.4) is 0 Å². The van der Waals surface area contributed by atoms with Crippen molar-refractivity contribution in [1.82, 2.24) is 5.32 Å². The molecule has 84 valence electrons. The van der Waals surface area contributed by atoms with Gasteiger partial charge in [-0.15, -0.1) is 0 Å². The van der Waals surface area contributed by atoms with Crippen LogP contribution in [0.25, 0.3) is 0 Å². The van der Waals surface area contributed by atoms with E-state index in [0.717, 1.165) is 12.8 Å². The van der Waals surface area contributed by atoms with Crippen molar-refractivity contribution in [3.63, 3.8) is 0 Å². The fraction of sp³-hybridized carbons (Fsp3) is 0.909. The summed E-state index contributed by atoms with van der Waals surface area (Å²) in [5.74, 6) is 0.650. The third-order valence-electron chi connectivity index (χ3n) is 2.64. The molecule has 0 aromatic heterocycles. The van der Waals surface area contributed by atoms with Crippen LogP contribution in [0, 0.1) is 11.8 Å². The van der Waals surface area contributed by atoms with Crippen LogP contribution in [0.5, 0.6) is 0 Å². The molecule has 2 unspecified atom stereocenters. The van der Waals surface area contributed by atoms with E-state index < -0.39 is 0 Å². The Hall–Kier alpha value is -0.570. The van der Waals surface area contributed by atoms with Gasteiger partial charge in [-0.1, -0.05) is 20.8 Å². The Kier molecular flexibility index (Phi) is 6.54. The van der Waals surface area contributed by atoms with Crippen LogP contribution < -0.4 is 11.1 Å². The first-order valence-corrected chi connectivity index (χ1v) is 5.49. The third kappa shape index (κ3) is 5.22. The second kappa shape index (κ2) is 6.82. The first-order valence-electron chi connectivity index (χ1n) is 5.49. The lowest BCUT2D eigenvalue weighted by atomic mass is 9.97. The number of hydrogen-bond acceptors (Lipinski definition) is 2. The third-order valence-corrected chi connectivity index (χ3v) is 2.64. The molecule has 0 heterocycles. The molecule has 2 atom stereocenters. The topological polar surface area (TPSA) is 55.1 Å². The summed E-state index contributed by atoms with van der Waals surface area (Å²) >= 11 is 0. The highest BCUT2D eigenvalue weighted by molar-refractivity contribution is 5.78. The molecule has 14 heavy (non-hydrogen) atoms. The number of carbonyl (C=O) groups excluding carboxylic acids is 1. The smallest absolute Gasteiger partial charge is 0.223 e. The molecule has 0 aromatic rings. The molecule has 0 saturated carbocycles. The lowest BCUT2D eigenvalue weighted by Crippen LogP contribution is -2.38. The van der Waals surface area contributed by atoms with E-state index in [4.69, 9.17) is 5.73 Å². The monoisotopic (exact) mass is 200 g/mol. The Morgan fingerprint density at radius 1 is 1.29 bits per heavy atom. The molecule has 0 spiro atoms. The molecule has 1 amide bonds. The zero-order valence-electron chi connectivity index (χ0n) is 9.84. The molecule has 0 fully saturated rings. The van der Waals surface area contributed by atoms with Crippen molar-refractivity contribution in [3.05, 3.63) is 0 Å². The maximum Gasteiger partial charge on any atom is 0.223 e. The van der Waals surface area contributed by atoms with Crippen LogP contribution in [0.2, 0.25) is 0 Å². The van der Waals surface area contributed by atoms with Crippen molar-refractivity contribution in [3.8, 4) is 0 Å². The van der Waals surface area contributed by atoms with Gasteiger partial charge in [0.2, 0.25) is 5.91 Å². The van der Waals surface area contributed by atoms with Gasteiger partial charge in [0.05, 0.1) is 0 Å². The number of hydrogen-bond donors (Lipinski definition) is 2. The van der Waals surface area contributed by atoms with Crippen molar-refractivity contribution in [2.75, 3.05) is 6.54 Å². The maximum atomic E-state index is 11.6. The van der Waals surface area contributed by atoms with E-state index in [0.29, 0.717) is 12.5 Å². The van der Waals surface area contributed by atoms with E-state index in [1.54, 1.807) is 0 Å². The molecule has 0 bridgehead atoms. The molecule has 0 aliphatic carbocycles. The van der Waals surface area contributed by atoms with E-state index in [-0.39, 0.29) is 17.9 Å². The second-order valence-corrected chi connectivity index (χ2v) is 4.37. The van der Waals surface area contributed by atoms with Gasteiger partial charge in [-0.2, -0.15) is 0 Å². The highest BCUT2D eigenvalue weighted by Crippen LogP contribution is 2.10. The number of nitrogens with two attached hydrogens (primary N) is 1. The Bertz CT molecular complexity index is 169. The van der Waals surface area contributed by atoms with Gasteiger partial charge in [0.15, 0.2) is 0 Å². The van der Waals surface area contributed by atoms with Gasteiger partial charge in [-0.25, -0.2) is 0 Å². The predicted octanol–water partition coefficient (Wildman–Crippen LogP) is 1.52. The standard InChI is InChI=1S/C11H24N2O/c1-8(2)10(4)11(14)13-9(3)6-5-7-12/h8-10H,5-7,12H2,1-4H3,(H,13,14). The minimum atomic E-state index is 0.0929. The average Bonchev–Trinajstić information content (AvgIpc) is 2.13. The van der Waals surface area contributed by atoms with Gasteiger partial charge in [0, 0.05) is 12.0 Å².